The molecule has 20 heavy (non-hydrogen) atoms. The summed E-state index contributed by atoms with van der Waals surface area (Å²) in [7, 11) is 0. The van der Waals surface area contributed by atoms with Gasteiger partial charge in [-0.25, -0.2) is 15.2 Å². The number of nitrogens with zero attached hydrogens (tertiary/aromatic N) is 1. The second kappa shape index (κ2) is 4.82. The molecule has 1 aromatic carbocycles. The zero-order valence-corrected chi connectivity index (χ0v) is 10.6. The first-order valence-corrected chi connectivity index (χ1v) is 5.94. The van der Waals surface area contributed by atoms with E-state index in [0.717, 1.165) is 0 Å². The van der Waals surface area contributed by atoms with Gasteiger partial charge in [0.15, 0.2) is 5.58 Å². The predicted octanol–water partition coefficient (Wildman–Crippen LogP) is 0.765. The molecule has 8 heteroatoms. The number of rotatable bonds is 3. The standard InChI is InChI=1S/C12H12FN3O4/c1-7(17)18-5-12(16-14-6-19-12)11-10-8(13)3-2-4-9(10)20-15-11/h2-4,14,16H,5-6H2,1H3. The molecule has 0 radical (unpaired) electrons. The molecular weight excluding hydrogens is 269 g/mol. The number of carbonyl (C=O) groups is 1. The number of benzene rings is 1. The van der Waals surface area contributed by atoms with Gasteiger partial charge in [0.1, 0.15) is 24.8 Å². The van der Waals surface area contributed by atoms with Gasteiger partial charge in [-0.3, -0.25) is 4.79 Å². The molecule has 2 aromatic rings. The zero-order valence-electron chi connectivity index (χ0n) is 10.6. The van der Waals surface area contributed by atoms with Gasteiger partial charge in [0.25, 0.3) is 0 Å². The number of esters is 1. The number of hydrazine groups is 1. The van der Waals surface area contributed by atoms with E-state index in [2.05, 4.69) is 16.0 Å². The topological polar surface area (TPSA) is 85.6 Å². The third-order valence-corrected chi connectivity index (χ3v) is 2.99. The molecule has 2 heterocycles. The fraction of sp³-hybridized carbons (Fsp3) is 0.333. The molecule has 1 atom stereocenters. The number of fused-ring (bicyclic) bond motifs is 1. The van der Waals surface area contributed by atoms with Crippen LogP contribution in [0.15, 0.2) is 22.7 Å². The summed E-state index contributed by atoms with van der Waals surface area (Å²) in [6.45, 7) is 1.27. The summed E-state index contributed by atoms with van der Waals surface area (Å²) in [6.07, 6.45) is 0. The summed E-state index contributed by atoms with van der Waals surface area (Å²) in [4.78, 5) is 11.0. The lowest BCUT2D eigenvalue weighted by Crippen LogP contribution is -2.46. The van der Waals surface area contributed by atoms with Gasteiger partial charge in [-0.15, -0.1) is 0 Å². The van der Waals surface area contributed by atoms with Crippen LogP contribution < -0.4 is 10.9 Å². The Morgan fingerprint density at radius 1 is 1.60 bits per heavy atom. The average Bonchev–Trinajstić information content (AvgIpc) is 3.04. The van der Waals surface area contributed by atoms with Crippen molar-refractivity contribution in [2.24, 2.45) is 0 Å². The van der Waals surface area contributed by atoms with Crippen molar-refractivity contribution in [3.05, 3.63) is 29.7 Å². The van der Waals surface area contributed by atoms with Gasteiger partial charge in [0, 0.05) is 6.92 Å². The molecule has 1 aliphatic heterocycles. The van der Waals surface area contributed by atoms with Crippen LogP contribution in [0.25, 0.3) is 11.0 Å². The number of hydrogen-bond acceptors (Lipinski definition) is 7. The maximum atomic E-state index is 14.0. The molecule has 106 valence electrons. The molecule has 2 N–H and O–H groups in total. The summed E-state index contributed by atoms with van der Waals surface area (Å²) in [5.41, 5.74) is 4.75. The zero-order chi connectivity index (χ0) is 14.2. The van der Waals surface area contributed by atoms with Crippen molar-refractivity contribution in [1.82, 2.24) is 16.0 Å². The molecule has 3 rings (SSSR count). The Kier molecular flexibility index (Phi) is 3.13. The highest BCUT2D eigenvalue weighted by Gasteiger charge is 2.43. The van der Waals surface area contributed by atoms with E-state index in [4.69, 9.17) is 14.0 Å². The molecule has 7 nitrogen and oxygen atoms in total. The van der Waals surface area contributed by atoms with Crippen LogP contribution in [0.3, 0.4) is 0 Å². The lowest BCUT2D eigenvalue weighted by molar-refractivity contribution is -0.152. The minimum atomic E-state index is -1.28. The minimum Gasteiger partial charge on any atom is -0.461 e. The number of aromatic nitrogens is 1. The number of halogens is 1. The smallest absolute Gasteiger partial charge is 0.302 e. The highest BCUT2D eigenvalue weighted by Crippen LogP contribution is 2.32. The SMILES string of the molecule is CC(=O)OCC1(c2noc3cccc(F)c23)NNCO1. The molecule has 0 bridgehead atoms. The van der Waals surface area contributed by atoms with E-state index in [1.54, 1.807) is 6.07 Å². The molecular formula is C12H12FN3O4. The van der Waals surface area contributed by atoms with Crippen LogP contribution in [-0.2, 0) is 20.0 Å². The van der Waals surface area contributed by atoms with Crippen molar-refractivity contribution in [2.45, 2.75) is 12.6 Å². The van der Waals surface area contributed by atoms with Gasteiger partial charge < -0.3 is 14.0 Å². The highest BCUT2D eigenvalue weighted by atomic mass is 19.1. The first-order chi connectivity index (χ1) is 9.62. The van der Waals surface area contributed by atoms with Crippen molar-refractivity contribution in [3.8, 4) is 0 Å². The van der Waals surface area contributed by atoms with Gasteiger partial charge in [0.2, 0.25) is 5.72 Å². The number of hydrogen-bond donors (Lipinski definition) is 2. The van der Waals surface area contributed by atoms with Gasteiger partial charge in [-0.05, 0) is 12.1 Å². The van der Waals surface area contributed by atoms with E-state index in [-0.39, 0.29) is 24.4 Å². The summed E-state index contributed by atoms with van der Waals surface area (Å²) in [5, 5.41) is 4.05. The van der Waals surface area contributed by atoms with Crippen LogP contribution in [0.4, 0.5) is 4.39 Å². The first-order valence-electron chi connectivity index (χ1n) is 5.94. The normalized spacial score (nSPS) is 22.3. The lowest BCUT2D eigenvalue weighted by Gasteiger charge is -2.24. The largest absolute Gasteiger partial charge is 0.461 e. The molecule has 1 aromatic heterocycles. The van der Waals surface area contributed by atoms with Crippen molar-refractivity contribution in [1.29, 1.82) is 0 Å². The Bertz CT molecular complexity index is 651. The van der Waals surface area contributed by atoms with E-state index in [1.807, 2.05) is 0 Å². The third-order valence-electron chi connectivity index (χ3n) is 2.99. The van der Waals surface area contributed by atoms with Crippen LogP contribution in [0.1, 0.15) is 12.6 Å². The quantitative estimate of drug-likeness (QED) is 0.803. The molecule has 1 unspecified atom stereocenters. The molecule has 1 saturated heterocycles. The number of carbonyl (C=O) groups excluding carboxylic acids is 1. The van der Waals surface area contributed by atoms with E-state index in [1.165, 1.54) is 19.1 Å². The van der Waals surface area contributed by atoms with Crippen molar-refractivity contribution in [3.63, 3.8) is 0 Å². The fourth-order valence-corrected chi connectivity index (χ4v) is 2.08. The Balaban J connectivity index is 2.08. The second-order valence-corrected chi connectivity index (χ2v) is 4.34. The minimum absolute atomic E-state index is 0.157. The van der Waals surface area contributed by atoms with Crippen LogP contribution in [-0.4, -0.2) is 24.5 Å². The Hall–Kier alpha value is -2.03. The van der Waals surface area contributed by atoms with E-state index in [9.17, 15) is 9.18 Å². The number of nitrogens with one attached hydrogen (secondary N) is 2. The molecule has 0 amide bonds. The van der Waals surface area contributed by atoms with E-state index >= 15 is 0 Å². The fourth-order valence-electron chi connectivity index (χ4n) is 2.08. The molecule has 0 aliphatic carbocycles. The first kappa shape index (κ1) is 13.0. The van der Waals surface area contributed by atoms with Gasteiger partial charge in [0.05, 0.1) is 5.39 Å². The van der Waals surface area contributed by atoms with Gasteiger partial charge >= 0.3 is 5.97 Å². The maximum absolute atomic E-state index is 14.0. The van der Waals surface area contributed by atoms with Crippen molar-refractivity contribution >= 4 is 16.9 Å². The Morgan fingerprint density at radius 3 is 3.15 bits per heavy atom. The average molecular weight is 281 g/mol. The van der Waals surface area contributed by atoms with E-state index < -0.39 is 17.5 Å². The van der Waals surface area contributed by atoms with Crippen LogP contribution in [0, 0.1) is 5.82 Å². The summed E-state index contributed by atoms with van der Waals surface area (Å²) in [5.74, 6) is -0.965. The summed E-state index contributed by atoms with van der Waals surface area (Å²) in [6, 6.07) is 4.41. The van der Waals surface area contributed by atoms with Crippen LogP contribution >= 0.6 is 0 Å². The molecule has 0 spiro atoms. The summed E-state index contributed by atoms with van der Waals surface area (Å²) < 4.78 is 29.6. The predicted molar refractivity (Wildman–Crippen MR) is 64.5 cm³/mol. The van der Waals surface area contributed by atoms with Crippen LogP contribution in [0.5, 0.6) is 0 Å². The van der Waals surface area contributed by atoms with E-state index in [0.29, 0.717) is 5.58 Å². The molecule has 1 fully saturated rings. The summed E-state index contributed by atoms with van der Waals surface area (Å²) >= 11 is 0. The van der Waals surface area contributed by atoms with Crippen LogP contribution in [0.2, 0.25) is 0 Å². The lowest BCUT2D eigenvalue weighted by atomic mass is 10.1. The van der Waals surface area contributed by atoms with Crippen molar-refractivity contribution < 1.29 is 23.2 Å². The maximum Gasteiger partial charge on any atom is 0.302 e. The Labute approximate surface area is 113 Å². The second-order valence-electron chi connectivity index (χ2n) is 4.34. The third kappa shape index (κ3) is 2.03. The van der Waals surface area contributed by atoms with Crippen molar-refractivity contribution in [2.75, 3.05) is 13.3 Å². The van der Waals surface area contributed by atoms with Gasteiger partial charge in [-0.2, -0.15) is 0 Å². The Morgan fingerprint density at radius 2 is 2.45 bits per heavy atom. The monoisotopic (exact) mass is 281 g/mol. The molecule has 0 saturated carbocycles. The number of ether oxygens (including phenoxy) is 2. The highest BCUT2D eigenvalue weighted by molar-refractivity contribution is 5.81. The van der Waals surface area contributed by atoms with Gasteiger partial charge in [-0.1, -0.05) is 11.2 Å². The molecule has 1 aliphatic rings.